The van der Waals surface area contributed by atoms with Gasteiger partial charge in [-0.25, -0.2) is 0 Å². The Balaban J connectivity index is 1.80. The van der Waals surface area contributed by atoms with Gasteiger partial charge in [-0.15, -0.1) is 0 Å². The second-order valence-electron chi connectivity index (χ2n) is 6.90. The van der Waals surface area contributed by atoms with Crippen molar-refractivity contribution in [2.24, 2.45) is 5.92 Å². The molecule has 0 aromatic heterocycles. The van der Waals surface area contributed by atoms with Crippen LogP contribution in [-0.2, 0) is 15.0 Å². The van der Waals surface area contributed by atoms with Gasteiger partial charge < -0.3 is 10.1 Å². The third-order valence-corrected chi connectivity index (χ3v) is 6.44. The van der Waals surface area contributed by atoms with Gasteiger partial charge in [-0.1, -0.05) is 17.7 Å². The van der Waals surface area contributed by atoms with Gasteiger partial charge in [-0.2, -0.15) is 17.0 Å². The maximum Gasteiger partial charge on any atom is 0.281 e. The van der Waals surface area contributed by atoms with Crippen molar-refractivity contribution in [2.45, 2.75) is 26.7 Å². The number of benzene rings is 1. The van der Waals surface area contributed by atoms with Gasteiger partial charge in [0.05, 0.1) is 12.5 Å². The fraction of sp³-hybridized carbons (Fsp3) is 0.611. The molecule has 1 heterocycles. The first kappa shape index (κ1) is 20.7. The van der Waals surface area contributed by atoms with E-state index in [-0.39, 0.29) is 18.4 Å². The van der Waals surface area contributed by atoms with E-state index in [0.29, 0.717) is 32.5 Å². The smallest absolute Gasteiger partial charge is 0.281 e. The number of nitrogens with one attached hydrogen (secondary N) is 1. The predicted molar refractivity (Wildman–Crippen MR) is 101 cm³/mol. The fourth-order valence-corrected chi connectivity index (χ4v) is 4.23. The summed E-state index contributed by atoms with van der Waals surface area (Å²) in [4.78, 5) is 12.4. The van der Waals surface area contributed by atoms with Crippen LogP contribution in [0, 0.1) is 19.8 Å². The summed E-state index contributed by atoms with van der Waals surface area (Å²) in [7, 11) is -0.467. The van der Waals surface area contributed by atoms with E-state index in [4.69, 9.17) is 4.74 Å². The van der Waals surface area contributed by atoms with Crippen molar-refractivity contribution in [3.63, 3.8) is 0 Å². The molecule has 0 aliphatic carbocycles. The molecule has 1 aromatic rings. The third kappa shape index (κ3) is 5.18. The van der Waals surface area contributed by atoms with Crippen LogP contribution in [0.3, 0.4) is 0 Å². The molecule has 0 unspecified atom stereocenters. The minimum Gasteiger partial charge on any atom is -0.491 e. The van der Waals surface area contributed by atoms with E-state index in [0.717, 1.165) is 11.3 Å². The first-order chi connectivity index (χ1) is 12.2. The number of rotatable bonds is 7. The predicted octanol–water partition coefficient (Wildman–Crippen LogP) is 1.32. The van der Waals surface area contributed by atoms with Gasteiger partial charge >= 0.3 is 0 Å². The number of nitrogens with zero attached hydrogens (tertiary/aromatic N) is 2. The summed E-state index contributed by atoms with van der Waals surface area (Å²) in [6.07, 6.45) is 1.38. The Morgan fingerprint density at radius 2 is 2.08 bits per heavy atom. The summed E-state index contributed by atoms with van der Waals surface area (Å²) in [5.74, 6) is 0.373. The highest BCUT2D eigenvalue weighted by molar-refractivity contribution is 7.86. The molecule has 8 heteroatoms. The molecule has 1 amide bonds. The second kappa shape index (κ2) is 8.83. The Morgan fingerprint density at radius 1 is 1.35 bits per heavy atom. The Labute approximate surface area is 156 Å². The van der Waals surface area contributed by atoms with Gasteiger partial charge in [0.1, 0.15) is 12.4 Å². The Morgan fingerprint density at radius 3 is 2.73 bits per heavy atom. The molecule has 1 aliphatic heterocycles. The molecule has 146 valence electrons. The quantitative estimate of drug-likeness (QED) is 0.720. The summed E-state index contributed by atoms with van der Waals surface area (Å²) in [5.41, 5.74) is 2.24. The van der Waals surface area contributed by atoms with Crippen LogP contribution in [0.1, 0.15) is 24.0 Å². The van der Waals surface area contributed by atoms with Crippen LogP contribution in [0.2, 0.25) is 0 Å². The van der Waals surface area contributed by atoms with E-state index in [1.165, 1.54) is 28.3 Å². The van der Waals surface area contributed by atoms with E-state index >= 15 is 0 Å². The molecule has 1 saturated heterocycles. The molecule has 0 saturated carbocycles. The summed E-state index contributed by atoms with van der Waals surface area (Å²) < 4.78 is 32.7. The van der Waals surface area contributed by atoms with Gasteiger partial charge in [-0.3, -0.25) is 4.79 Å². The van der Waals surface area contributed by atoms with Crippen LogP contribution in [-0.4, -0.2) is 63.3 Å². The number of hydrogen-bond donors (Lipinski definition) is 1. The van der Waals surface area contributed by atoms with Crippen molar-refractivity contribution in [2.75, 3.05) is 40.3 Å². The number of ether oxygens (including phenoxy) is 1. The van der Waals surface area contributed by atoms with E-state index in [1.807, 2.05) is 26.0 Å². The second-order valence-corrected chi connectivity index (χ2v) is 9.04. The van der Waals surface area contributed by atoms with Gasteiger partial charge in [0.15, 0.2) is 0 Å². The minimum absolute atomic E-state index is 0.118. The third-order valence-electron chi connectivity index (χ3n) is 4.53. The largest absolute Gasteiger partial charge is 0.491 e. The monoisotopic (exact) mass is 383 g/mol. The van der Waals surface area contributed by atoms with Crippen molar-refractivity contribution < 1.29 is 17.9 Å². The average molecular weight is 384 g/mol. The van der Waals surface area contributed by atoms with Gasteiger partial charge in [0.25, 0.3) is 10.2 Å². The molecule has 1 aliphatic rings. The maximum atomic E-state index is 12.4. The SMILES string of the molecule is Cc1ccc(OCCNC(=O)[C@H]2CCCN(S(=O)(=O)N(C)C)C2)c(C)c1. The van der Waals surface area contributed by atoms with Crippen molar-refractivity contribution in [1.82, 2.24) is 13.9 Å². The van der Waals surface area contributed by atoms with E-state index < -0.39 is 10.2 Å². The molecule has 26 heavy (non-hydrogen) atoms. The number of hydrogen-bond acceptors (Lipinski definition) is 4. The van der Waals surface area contributed by atoms with Crippen LogP contribution in [0.15, 0.2) is 18.2 Å². The Bertz CT molecular complexity index is 734. The lowest BCUT2D eigenvalue weighted by Crippen LogP contribution is -2.49. The Hall–Kier alpha value is -1.64. The molecule has 1 atom stereocenters. The lowest BCUT2D eigenvalue weighted by molar-refractivity contribution is -0.126. The zero-order chi connectivity index (χ0) is 19.3. The molecule has 0 radical (unpaired) electrons. The minimum atomic E-state index is -3.47. The fourth-order valence-electron chi connectivity index (χ4n) is 3.04. The molecule has 1 aromatic carbocycles. The van der Waals surface area contributed by atoms with Crippen molar-refractivity contribution in [3.8, 4) is 5.75 Å². The molecular weight excluding hydrogens is 354 g/mol. The summed E-state index contributed by atoms with van der Waals surface area (Å²) in [5, 5.41) is 2.86. The lowest BCUT2D eigenvalue weighted by atomic mass is 9.99. The highest BCUT2D eigenvalue weighted by Gasteiger charge is 2.33. The summed E-state index contributed by atoms with van der Waals surface area (Å²) >= 11 is 0. The number of piperidine rings is 1. The molecule has 2 rings (SSSR count). The zero-order valence-corrected chi connectivity index (χ0v) is 16.8. The molecule has 1 fully saturated rings. The topological polar surface area (TPSA) is 79.0 Å². The number of aryl methyl sites for hydroxylation is 2. The van der Waals surface area contributed by atoms with Crippen LogP contribution in [0.25, 0.3) is 0 Å². The lowest BCUT2D eigenvalue weighted by Gasteiger charge is -2.32. The first-order valence-electron chi connectivity index (χ1n) is 8.87. The zero-order valence-electron chi connectivity index (χ0n) is 16.0. The first-order valence-corrected chi connectivity index (χ1v) is 10.3. The van der Waals surface area contributed by atoms with Gasteiger partial charge in [0, 0.05) is 27.2 Å². The number of carbonyl (C=O) groups is 1. The summed E-state index contributed by atoms with van der Waals surface area (Å²) in [6, 6.07) is 5.97. The highest BCUT2D eigenvalue weighted by Crippen LogP contribution is 2.21. The number of amides is 1. The Kier molecular flexibility index (Phi) is 7.02. The van der Waals surface area contributed by atoms with Crippen LogP contribution in [0.4, 0.5) is 0 Å². The van der Waals surface area contributed by atoms with Crippen molar-refractivity contribution in [3.05, 3.63) is 29.3 Å². The number of carbonyl (C=O) groups excluding carboxylic acids is 1. The molecule has 7 nitrogen and oxygen atoms in total. The normalized spacial score (nSPS) is 18.7. The van der Waals surface area contributed by atoms with E-state index in [9.17, 15) is 13.2 Å². The van der Waals surface area contributed by atoms with Crippen LogP contribution < -0.4 is 10.1 Å². The summed E-state index contributed by atoms with van der Waals surface area (Å²) in [6.45, 7) is 5.47. The molecule has 1 N–H and O–H groups in total. The van der Waals surface area contributed by atoms with Crippen LogP contribution >= 0.6 is 0 Å². The van der Waals surface area contributed by atoms with E-state index in [2.05, 4.69) is 11.4 Å². The standard InChI is InChI=1S/C18H29N3O4S/c1-14-7-8-17(15(2)12-14)25-11-9-19-18(22)16-6-5-10-21(13-16)26(23,24)20(3)4/h7-8,12,16H,5-6,9-11,13H2,1-4H3,(H,19,22)/t16-/m0/s1. The van der Waals surface area contributed by atoms with Crippen molar-refractivity contribution >= 4 is 16.1 Å². The van der Waals surface area contributed by atoms with Gasteiger partial charge in [0.2, 0.25) is 5.91 Å². The maximum absolute atomic E-state index is 12.4. The average Bonchev–Trinajstić information content (AvgIpc) is 2.60. The van der Waals surface area contributed by atoms with Crippen LogP contribution in [0.5, 0.6) is 5.75 Å². The van der Waals surface area contributed by atoms with Crippen molar-refractivity contribution in [1.29, 1.82) is 0 Å². The van der Waals surface area contributed by atoms with Gasteiger partial charge in [-0.05, 0) is 38.3 Å². The van der Waals surface area contributed by atoms with E-state index in [1.54, 1.807) is 0 Å². The molecule has 0 spiro atoms. The highest BCUT2D eigenvalue weighted by atomic mass is 32.2. The molecule has 0 bridgehead atoms. The molecular formula is C18H29N3O4S.